The van der Waals surface area contributed by atoms with Crippen molar-refractivity contribution in [2.24, 2.45) is 0 Å². The molecular weight excluding hydrogens is 292 g/mol. The molecule has 4 nitrogen and oxygen atoms in total. The van der Waals surface area contributed by atoms with Gasteiger partial charge >= 0.3 is 5.97 Å². The molecule has 1 N–H and O–H groups in total. The van der Waals surface area contributed by atoms with Gasteiger partial charge in [-0.2, -0.15) is 0 Å². The predicted molar refractivity (Wildman–Crippen MR) is 87.7 cm³/mol. The van der Waals surface area contributed by atoms with Crippen LogP contribution in [0.3, 0.4) is 0 Å². The van der Waals surface area contributed by atoms with Crippen LogP contribution in [-0.4, -0.2) is 30.1 Å². The van der Waals surface area contributed by atoms with Crippen molar-refractivity contribution in [2.45, 2.75) is 5.92 Å². The van der Waals surface area contributed by atoms with E-state index in [9.17, 15) is 9.59 Å². The summed E-state index contributed by atoms with van der Waals surface area (Å²) in [6.07, 6.45) is 3.05. The first-order valence-corrected chi connectivity index (χ1v) is 7.32. The van der Waals surface area contributed by atoms with Crippen LogP contribution >= 0.6 is 0 Å². The Kier molecular flexibility index (Phi) is 6.27. The fourth-order valence-electron chi connectivity index (χ4n) is 2.13. The topological polar surface area (TPSA) is 63.6 Å². The Morgan fingerprint density at radius 3 is 2.22 bits per heavy atom. The molecule has 2 aromatic rings. The number of esters is 1. The summed E-state index contributed by atoms with van der Waals surface area (Å²) in [6, 6.07) is 18.1. The minimum absolute atomic E-state index is 0.127. The van der Waals surface area contributed by atoms with E-state index in [-0.39, 0.29) is 19.0 Å². The number of carbonyl (C=O) groups is 2. The number of aliphatic hydroxyl groups excluding tert-OH is 1. The zero-order valence-corrected chi connectivity index (χ0v) is 12.6. The van der Waals surface area contributed by atoms with Crippen LogP contribution in [0.5, 0.6) is 0 Å². The lowest BCUT2D eigenvalue weighted by Gasteiger charge is -2.13. The SMILES string of the molecule is O=C(/C=C/c1ccccc1)C(C(=O)OCCO)c1ccccc1. The van der Waals surface area contributed by atoms with E-state index in [1.165, 1.54) is 6.08 Å². The van der Waals surface area contributed by atoms with Gasteiger partial charge in [-0.1, -0.05) is 66.7 Å². The molecule has 0 saturated heterocycles. The molecule has 0 fully saturated rings. The Bertz CT molecular complexity index is 662. The molecule has 118 valence electrons. The molecule has 2 rings (SSSR count). The summed E-state index contributed by atoms with van der Waals surface area (Å²) in [7, 11) is 0. The second kappa shape index (κ2) is 8.66. The Balaban J connectivity index is 2.21. The quantitative estimate of drug-likeness (QED) is 0.485. The van der Waals surface area contributed by atoms with Crippen molar-refractivity contribution in [2.75, 3.05) is 13.2 Å². The lowest BCUT2D eigenvalue weighted by Crippen LogP contribution is -2.24. The standard InChI is InChI=1S/C19H18O4/c20-13-14-23-19(22)18(16-9-5-2-6-10-16)17(21)12-11-15-7-3-1-4-8-15/h1-12,18,20H,13-14H2/b12-11+. The van der Waals surface area contributed by atoms with Crippen LogP contribution in [-0.2, 0) is 14.3 Å². The van der Waals surface area contributed by atoms with E-state index in [0.717, 1.165) is 5.56 Å². The minimum atomic E-state index is -1.03. The molecule has 0 bridgehead atoms. The number of aliphatic hydroxyl groups is 1. The van der Waals surface area contributed by atoms with Gasteiger partial charge in [0, 0.05) is 0 Å². The van der Waals surface area contributed by atoms with Crippen LogP contribution in [0.2, 0.25) is 0 Å². The van der Waals surface area contributed by atoms with Gasteiger partial charge in [0.1, 0.15) is 12.5 Å². The van der Waals surface area contributed by atoms with Crippen molar-refractivity contribution in [3.8, 4) is 0 Å². The van der Waals surface area contributed by atoms with Gasteiger partial charge in [0.2, 0.25) is 0 Å². The average molecular weight is 310 g/mol. The molecule has 0 aliphatic rings. The van der Waals surface area contributed by atoms with Crippen LogP contribution in [0.15, 0.2) is 66.7 Å². The van der Waals surface area contributed by atoms with E-state index < -0.39 is 11.9 Å². The number of rotatable bonds is 7. The number of hydrogen-bond donors (Lipinski definition) is 1. The van der Waals surface area contributed by atoms with E-state index in [1.54, 1.807) is 30.3 Å². The number of ether oxygens (including phenoxy) is 1. The van der Waals surface area contributed by atoms with Crippen LogP contribution in [0.1, 0.15) is 17.0 Å². The second-order valence-electron chi connectivity index (χ2n) is 4.88. The Labute approximate surface area is 135 Å². The van der Waals surface area contributed by atoms with E-state index in [1.807, 2.05) is 36.4 Å². The van der Waals surface area contributed by atoms with Crippen molar-refractivity contribution >= 4 is 17.8 Å². The molecule has 0 aliphatic carbocycles. The summed E-state index contributed by atoms with van der Waals surface area (Å²) < 4.78 is 4.94. The summed E-state index contributed by atoms with van der Waals surface area (Å²) in [5.74, 6) is -2.04. The van der Waals surface area contributed by atoms with Crippen LogP contribution in [0, 0.1) is 0 Å². The van der Waals surface area contributed by atoms with Gasteiger partial charge in [0.25, 0.3) is 0 Å². The number of carbonyl (C=O) groups excluding carboxylic acids is 2. The number of ketones is 1. The first kappa shape index (κ1) is 16.6. The van der Waals surface area contributed by atoms with Crippen molar-refractivity contribution in [3.05, 3.63) is 77.9 Å². The molecule has 0 amide bonds. The molecule has 2 aromatic carbocycles. The number of allylic oxidation sites excluding steroid dienone is 1. The predicted octanol–water partition coefficient (Wildman–Crippen LogP) is 2.59. The van der Waals surface area contributed by atoms with Crippen molar-refractivity contribution < 1.29 is 19.4 Å². The molecule has 4 heteroatoms. The highest BCUT2D eigenvalue weighted by Gasteiger charge is 2.28. The number of benzene rings is 2. The molecule has 1 atom stereocenters. The monoisotopic (exact) mass is 310 g/mol. The third kappa shape index (κ3) is 4.90. The molecule has 0 aliphatic heterocycles. The molecule has 23 heavy (non-hydrogen) atoms. The summed E-state index contributed by atoms with van der Waals surface area (Å²) in [5.41, 5.74) is 1.44. The maximum absolute atomic E-state index is 12.5. The van der Waals surface area contributed by atoms with Gasteiger partial charge in [0.05, 0.1) is 6.61 Å². The van der Waals surface area contributed by atoms with Gasteiger partial charge in [-0.3, -0.25) is 9.59 Å². The highest BCUT2D eigenvalue weighted by molar-refractivity contribution is 6.11. The van der Waals surface area contributed by atoms with E-state index in [0.29, 0.717) is 5.56 Å². The van der Waals surface area contributed by atoms with Crippen LogP contribution in [0.25, 0.3) is 6.08 Å². The highest BCUT2D eigenvalue weighted by Crippen LogP contribution is 2.20. The van der Waals surface area contributed by atoms with Crippen molar-refractivity contribution in [1.29, 1.82) is 0 Å². The molecule has 0 radical (unpaired) electrons. The first-order chi connectivity index (χ1) is 11.2. The van der Waals surface area contributed by atoms with E-state index in [2.05, 4.69) is 0 Å². The largest absolute Gasteiger partial charge is 0.462 e. The lowest BCUT2D eigenvalue weighted by molar-refractivity contribution is -0.148. The maximum atomic E-state index is 12.5. The zero-order chi connectivity index (χ0) is 16.5. The summed E-state index contributed by atoms with van der Waals surface area (Å²) in [5, 5.41) is 8.78. The van der Waals surface area contributed by atoms with Crippen molar-refractivity contribution in [3.63, 3.8) is 0 Å². The molecule has 1 unspecified atom stereocenters. The van der Waals surface area contributed by atoms with Gasteiger partial charge in [0.15, 0.2) is 5.78 Å². The number of hydrogen-bond acceptors (Lipinski definition) is 4. The van der Waals surface area contributed by atoms with Crippen LogP contribution < -0.4 is 0 Å². The minimum Gasteiger partial charge on any atom is -0.462 e. The Morgan fingerprint density at radius 1 is 1.00 bits per heavy atom. The van der Waals surface area contributed by atoms with E-state index in [4.69, 9.17) is 9.84 Å². The Morgan fingerprint density at radius 2 is 1.61 bits per heavy atom. The molecular formula is C19H18O4. The lowest BCUT2D eigenvalue weighted by atomic mass is 9.94. The van der Waals surface area contributed by atoms with Gasteiger partial charge < -0.3 is 9.84 Å². The smallest absolute Gasteiger partial charge is 0.321 e. The Hall–Kier alpha value is -2.72. The normalized spacial score (nSPS) is 12.0. The van der Waals surface area contributed by atoms with Gasteiger partial charge in [-0.25, -0.2) is 0 Å². The molecule has 0 heterocycles. The summed E-state index contributed by atoms with van der Waals surface area (Å²) >= 11 is 0. The third-order valence-electron chi connectivity index (χ3n) is 3.23. The first-order valence-electron chi connectivity index (χ1n) is 7.32. The fraction of sp³-hybridized carbons (Fsp3) is 0.158. The summed E-state index contributed by atoms with van der Waals surface area (Å²) in [4.78, 5) is 24.6. The molecule has 0 spiro atoms. The molecule has 0 saturated carbocycles. The average Bonchev–Trinajstić information content (AvgIpc) is 2.60. The zero-order valence-electron chi connectivity index (χ0n) is 12.6. The van der Waals surface area contributed by atoms with E-state index >= 15 is 0 Å². The second-order valence-corrected chi connectivity index (χ2v) is 4.88. The van der Waals surface area contributed by atoms with Crippen molar-refractivity contribution in [1.82, 2.24) is 0 Å². The van der Waals surface area contributed by atoms with Gasteiger partial charge in [-0.05, 0) is 17.2 Å². The fourth-order valence-corrected chi connectivity index (χ4v) is 2.13. The van der Waals surface area contributed by atoms with Crippen LogP contribution in [0.4, 0.5) is 0 Å². The maximum Gasteiger partial charge on any atom is 0.321 e. The summed E-state index contributed by atoms with van der Waals surface area (Å²) in [6.45, 7) is -0.404. The van der Waals surface area contributed by atoms with Gasteiger partial charge in [-0.15, -0.1) is 0 Å². The highest BCUT2D eigenvalue weighted by atomic mass is 16.5. The third-order valence-corrected chi connectivity index (χ3v) is 3.23. The molecule has 0 aromatic heterocycles.